The highest BCUT2D eigenvalue weighted by Crippen LogP contribution is 2.37. The van der Waals surface area contributed by atoms with E-state index in [0.29, 0.717) is 0 Å². The van der Waals surface area contributed by atoms with Crippen LogP contribution in [-0.4, -0.2) is 52.3 Å². The van der Waals surface area contributed by atoms with Gasteiger partial charge in [-0.2, -0.15) is 22.0 Å². The van der Waals surface area contributed by atoms with E-state index in [1.54, 1.807) is 0 Å². The molecule has 3 aromatic rings. The van der Waals surface area contributed by atoms with E-state index >= 15 is 8.78 Å². The largest absolute Gasteiger partial charge is 0.493 e. The highest BCUT2D eigenvalue weighted by molar-refractivity contribution is 7.90. The van der Waals surface area contributed by atoms with Crippen molar-refractivity contribution in [2.24, 2.45) is 0 Å². The van der Waals surface area contributed by atoms with Crippen molar-refractivity contribution in [1.29, 1.82) is 0 Å². The van der Waals surface area contributed by atoms with Crippen LogP contribution in [0.1, 0.15) is 33.5 Å². The molecular weight excluding hydrogens is 631 g/mol. The smallest absolute Gasteiger partial charge is 0.417 e. The summed E-state index contributed by atoms with van der Waals surface area (Å²) in [4.78, 5) is 12.3. The molecule has 234 valence electrons. The SMILES string of the molecule is COC(=O)c1c(F)cc(OCCCN(Cc2cccc(C(F)(F)F)c2Cl)CC(F)(F)c2ccc(F)cc2)cc1S(C)(=O)=O. The Balaban J connectivity index is 1.83. The van der Waals surface area contributed by atoms with Gasteiger partial charge >= 0.3 is 12.1 Å². The van der Waals surface area contributed by atoms with E-state index < -0.39 is 79.2 Å². The Morgan fingerprint density at radius 2 is 1.65 bits per heavy atom. The van der Waals surface area contributed by atoms with E-state index in [-0.39, 0.29) is 30.9 Å². The molecule has 0 saturated carbocycles. The predicted octanol–water partition coefficient (Wildman–Crippen LogP) is 6.89. The first-order valence-electron chi connectivity index (χ1n) is 12.4. The number of nitrogens with zero attached hydrogens (tertiary/aromatic N) is 1. The topological polar surface area (TPSA) is 72.9 Å². The number of hydrogen-bond acceptors (Lipinski definition) is 6. The molecule has 0 bridgehead atoms. The second kappa shape index (κ2) is 13.5. The summed E-state index contributed by atoms with van der Waals surface area (Å²) in [6.07, 6.45) is -4.08. The molecule has 0 spiro atoms. The maximum absolute atomic E-state index is 15.2. The summed E-state index contributed by atoms with van der Waals surface area (Å²) >= 11 is 5.98. The van der Waals surface area contributed by atoms with Crippen LogP contribution in [0.3, 0.4) is 0 Å². The van der Waals surface area contributed by atoms with Crippen molar-refractivity contribution < 1.29 is 53.4 Å². The van der Waals surface area contributed by atoms with Gasteiger partial charge in [0, 0.05) is 31.0 Å². The fourth-order valence-corrected chi connectivity index (χ4v) is 5.33. The van der Waals surface area contributed by atoms with Crippen LogP contribution in [0, 0.1) is 11.6 Å². The molecule has 3 aromatic carbocycles. The molecule has 15 heteroatoms. The summed E-state index contributed by atoms with van der Waals surface area (Å²) < 4.78 is 133. The minimum atomic E-state index is -4.78. The number of benzene rings is 3. The molecular formula is C28H25ClF7NO5S. The number of hydrogen-bond donors (Lipinski definition) is 0. The van der Waals surface area contributed by atoms with Gasteiger partial charge in [0.2, 0.25) is 0 Å². The van der Waals surface area contributed by atoms with Crippen LogP contribution in [0.5, 0.6) is 5.75 Å². The molecule has 0 fully saturated rings. The van der Waals surface area contributed by atoms with Gasteiger partial charge in [-0.25, -0.2) is 22.0 Å². The molecule has 0 atom stereocenters. The van der Waals surface area contributed by atoms with E-state index in [9.17, 15) is 35.2 Å². The Hall–Kier alpha value is -3.36. The Morgan fingerprint density at radius 1 is 1.00 bits per heavy atom. The first-order chi connectivity index (χ1) is 19.9. The Labute approximate surface area is 247 Å². The van der Waals surface area contributed by atoms with Gasteiger partial charge in [0.15, 0.2) is 9.84 Å². The van der Waals surface area contributed by atoms with Crippen molar-refractivity contribution in [2.75, 3.05) is 33.1 Å². The molecule has 43 heavy (non-hydrogen) atoms. The molecule has 0 heterocycles. The van der Waals surface area contributed by atoms with Crippen molar-refractivity contribution in [2.45, 2.75) is 30.0 Å². The number of ether oxygens (including phenoxy) is 2. The number of rotatable bonds is 12. The molecule has 0 N–H and O–H groups in total. The molecule has 0 aromatic heterocycles. The summed E-state index contributed by atoms with van der Waals surface area (Å²) in [6.45, 7) is -1.88. The van der Waals surface area contributed by atoms with Gasteiger partial charge in [-0.1, -0.05) is 35.9 Å². The van der Waals surface area contributed by atoms with Crippen LogP contribution in [0.25, 0.3) is 0 Å². The molecule has 0 radical (unpaired) electrons. The van der Waals surface area contributed by atoms with Gasteiger partial charge in [0.25, 0.3) is 5.92 Å². The Kier molecular flexibility index (Phi) is 10.7. The summed E-state index contributed by atoms with van der Waals surface area (Å²) in [7, 11) is -3.17. The van der Waals surface area contributed by atoms with Crippen molar-refractivity contribution in [3.05, 3.63) is 93.5 Å². The molecule has 0 aliphatic rings. The van der Waals surface area contributed by atoms with Crippen LogP contribution < -0.4 is 4.74 Å². The standard InChI is InChI=1S/C28H25ClF7NO5S/c1-41-26(38)24-22(31)13-20(14-23(24)43(2,39)40)42-12-4-11-37(16-27(32,33)18-7-9-19(30)10-8-18)15-17-5-3-6-21(25(17)29)28(34,35)36/h3,5-10,13-14H,4,11-12,15-16H2,1-2H3. The third kappa shape index (κ3) is 8.83. The Bertz CT molecular complexity index is 1560. The third-order valence-corrected chi connectivity index (χ3v) is 7.74. The zero-order chi connectivity index (χ0) is 32.2. The van der Waals surface area contributed by atoms with Gasteiger partial charge in [-0.05, 0) is 36.2 Å². The van der Waals surface area contributed by atoms with E-state index in [4.69, 9.17) is 16.3 Å². The minimum Gasteiger partial charge on any atom is -0.493 e. The van der Waals surface area contributed by atoms with Gasteiger partial charge in [-0.15, -0.1) is 0 Å². The average molecular weight is 656 g/mol. The maximum atomic E-state index is 15.2. The van der Waals surface area contributed by atoms with Crippen molar-refractivity contribution in [3.8, 4) is 5.75 Å². The molecule has 0 aliphatic carbocycles. The summed E-state index contributed by atoms with van der Waals surface area (Å²) in [5.41, 5.74) is -2.56. The number of carbonyl (C=O) groups is 1. The van der Waals surface area contributed by atoms with Gasteiger partial charge in [0.05, 0.1) is 35.7 Å². The molecule has 3 rings (SSSR count). The molecule has 0 aliphatic heterocycles. The van der Waals surface area contributed by atoms with Crippen LogP contribution in [0.15, 0.2) is 59.5 Å². The molecule has 0 saturated heterocycles. The van der Waals surface area contributed by atoms with Crippen molar-refractivity contribution >= 4 is 27.4 Å². The highest BCUT2D eigenvalue weighted by atomic mass is 35.5. The average Bonchev–Trinajstić information content (AvgIpc) is 2.90. The van der Waals surface area contributed by atoms with Crippen LogP contribution >= 0.6 is 11.6 Å². The third-order valence-electron chi connectivity index (χ3n) is 6.17. The summed E-state index contributed by atoms with van der Waals surface area (Å²) in [6, 6.07) is 8.25. The molecule has 0 unspecified atom stereocenters. The lowest BCUT2D eigenvalue weighted by Crippen LogP contribution is -2.36. The predicted molar refractivity (Wildman–Crippen MR) is 143 cm³/mol. The normalized spacial score (nSPS) is 12.4. The van der Waals surface area contributed by atoms with Crippen molar-refractivity contribution in [3.63, 3.8) is 0 Å². The van der Waals surface area contributed by atoms with E-state index in [0.717, 1.165) is 66.8 Å². The van der Waals surface area contributed by atoms with Crippen LogP contribution in [0.2, 0.25) is 5.02 Å². The van der Waals surface area contributed by atoms with Gasteiger partial charge in [0.1, 0.15) is 22.9 Å². The van der Waals surface area contributed by atoms with Gasteiger partial charge in [-0.3, -0.25) is 4.90 Å². The van der Waals surface area contributed by atoms with E-state index in [1.165, 1.54) is 6.07 Å². The number of alkyl halides is 5. The quantitative estimate of drug-likeness (QED) is 0.120. The second-order valence-electron chi connectivity index (χ2n) is 9.44. The van der Waals surface area contributed by atoms with Crippen LogP contribution in [0.4, 0.5) is 30.7 Å². The highest BCUT2D eigenvalue weighted by Gasteiger charge is 2.36. The fourth-order valence-electron chi connectivity index (χ4n) is 4.15. The zero-order valence-corrected chi connectivity index (χ0v) is 24.2. The monoisotopic (exact) mass is 655 g/mol. The first-order valence-corrected chi connectivity index (χ1v) is 14.7. The number of sulfone groups is 1. The van der Waals surface area contributed by atoms with Crippen molar-refractivity contribution in [1.82, 2.24) is 4.90 Å². The summed E-state index contributed by atoms with van der Waals surface area (Å²) in [5.74, 6) is -7.03. The number of methoxy groups -OCH3 is 1. The van der Waals surface area contributed by atoms with E-state index in [2.05, 4.69) is 4.74 Å². The number of carbonyl (C=O) groups excluding carboxylic acids is 1. The second-order valence-corrected chi connectivity index (χ2v) is 11.8. The number of esters is 1. The lowest BCUT2D eigenvalue weighted by molar-refractivity contribution is -0.137. The minimum absolute atomic E-state index is 0.0370. The molecule has 0 amide bonds. The zero-order valence-electron chi connectivity index (χ0n) is 22.7. The molecule has 6 nitrogen and oxygen atoms in total. The lowest BCUT2D eigenvalue weighted by atomic mass is 10.1. The number of halogens is 8. The first kappa shape index (κ1) is 34.1. The Morgan fingerprint density at radius 3 is 2.23 bits per heavy atom. The maximum Gasteiger partial charge on any atom is 0.417 e. The van der Waals surface area contributed by atoms with E-state index in [1.807, 2.05) is 0 Å². The van der Waals surface area contributed by atoms with Crippen LogP contribution in [-0.2, 0) is 33.2 Å². The summed E-state index contributed by atoms with van der Waals surface area (Å²) in [5, 5.41) is -0.657. The lowest BCUT2D eigenvalue weighted by Gasteiger charge is -2.28. The fraction of sp³-hybridized carbons (Fsp3) is 0.321. The van der Waals surface area contributed by atoms with Gasteiger partial charge < -0.3 is 9.47 Å².